The molecule has 0 aromatic heterocycles. The Bertz CT molecular complexity index is 161. The van der Waals surface area contributed by atoms with Gasteiger partial charge in [0, 0.05) is 0 Å². The van der Waals surface area contributed by atoms with Gasteiger partial charge in [0.25, 0.3) is 0 Å². The summed E-state index contributed by atoms with van der Waals surface area (Å²) in [6.45, 7) is 4.25. The van der Waals surface area contributed by atoms with Gasteiger partial charge in [0.2, 0.25) is 0 Å². The quantitative estimate of drug-likeness (QED) is 0.456. The summed E-state index contributed by atoms with van der Waals surface area (Å²) in [6, 6.07) is 0. The van der Waals surface area contributed by atoms with Crippen LogP contribution in [0.2, 0.25) is 0 Å². The largest absolute Gasteiger partial charge is 0.447 e. The number of ether oxygens (including phenoxy) is 1. The maximum absolute atomic E-state index is 10.4. The van der Waals surface area contributed by atoms with Crippen LogP contribution in [0.25, 0.3) is 0 Å². The van der Waals surface area contributed by atoms with Crippen molar-refractivity contribution in [3.8, 4) is 0 Å². The van der Waals surface area contributed by atoms with Gasteiger partial charge in [-0.3, -0.25) is 0 Å². The molecule has 0 atom stereocenters. The van der Waals surface area contributed by atoms with Crippen LogP contribution in [-0.2, 0) is 4.74 Å². The Labute approximate surface area is 65.1 Å². The van der Waals surface area contributed by atoms with E-state index in [0.717, 1.165) is 0 Å². The number of nitrogens with zero attached hydrogens (tertiary/aromatic N) is 1. The molecule has 0 aliphatic rings. The highest BCUT2D eigenvalue weighted by Gasteiger charge is 1.99. The van der Waals surface area contributed by atoms with Gasteiger partial charge in [-0.05, 0) is 18.1 Å². The molecule has 0 rings (SSSR count). The van der Waals surface area contributed by atoms with E-state index in [1.54, 1.807) is 0 Å². The lowest BCUT2D eigenvalue weighted by Crippen LogP contribution is -2.05. The number of amides is 1. The minimum atomic E-state index is -0.663. The molecule has 0 fully saturated rings. The fourth-order valence-electron chi connectivity index (χ4n) is 0.307. The number of carbonyl (C=O) groups is 1. The SMILES string of the molecule is CC(C)COC(=O)N=C=S. The highest BCUT2D eigenvalue weighted by Crippen LogP contribution is 1.93. The maximum Gasteiger partial charge on any atom is 0.442 e. The molecule has 0 bridgehead atoms. The summed E-state index contributed by atoms with van der Waals surface area (Å²) in [7, 11) is 0. The molecule has 0 radical (unpaired) electrons. The Balaban J connectivity index is 3.50. The molecular formula is C6H9NO2S. The Hall–Kier alpha value is -0.730. The Morgan fingerprint density at radius 1 is 1.80 bits per heavy atom. The molecule has 0 aliphatic heterocycles. The number of isothiocyanates is 1. The molecule has 0 saturated carbocycles. The van der Waals surface area contributed by atoms with Crippen LogP contribution >= 0.6 is 12.2 Å². The van der Waals surface area contributed by atoms with Crippen molar-refractivity contribution in [3.05, 3.63) is 0 Å². The van der Waals surface area contributed by atoms with Crippen molar-refractivity contribution in [1.29, 1.82) is 0 Å². The standard InChI is InChI=1S/C6H9NO2S/c1-5(2)3-9-6(8)7-4-10/h5H,3H2,1-2H3. The first kappa shape index (κ1) is 9.27. The zero-order chi connectivity index (χ0) is 7.98. The number of carbonyl (C=O) groups excluding carboxylic acids is 1. The summed E-state index contributed by atoms with van der Waals surface area (Å²) < 4.78 is 4.61. The number of hydrogen-bond donors (Lipinski definition) is 0. The lowest BCUT2D eigenvalue weighted by molar-refractivity contribution is 0.144. The lowest BCUT2D eigenvalue weighted by atomic mass is 10.2. The average Bonchev–Trinajstić information content (AvgIpc) is 1.85. The third kappa shape index (κ3) is 5.41. The van der Waals surface area contributed by atoms with Crippen molar-refractivity contribution in [3.63, 3.8) is 0 Å². The fraction of sp³-hybridized carbons (Fsp3) is 0.667. The van der Waals surface area contributed by atoms with Gasteiger partial charge in [0.15, 0.2) is 0 Å². The molecular weight excluding hydrogens is 150 g/mol. The Morgan fingerprint density at radius 3 is 2.80 bits per heavy atom. The Kier molecular flexibility index (Phi) is 4.72. The summed E-state index contributed by atoms with van der Waals surface area (Å²) in [5.41, 5.74) is 0. The predicted molar refractivity (Wildman–Crippen MR) is 41.2 cm³/mol. The second kappa shape index (κ2) is 5.09. The van der Waals surface area contributed by atoms with Crippen LogP contribution in [0.5, 0.6) is 0 Å². The number of hydrogen-bond acceptors (Lipinski definition) is 3. The molecule has 0 aromatic rings. The van der Waals surface area contributed by atoms with Gasteiger partial charge in [-0.15, -0.1) is 4.99 Å². The zero-order valence-electron chi connectivity index (χ0n) is 5.96. The molecule has 0 N–H and O–H groups in total. The van der Waals surface area contributed by atoms with E-state index in [-0.39, 0.29) is 0 Å². The van der Waals surface area contributed by atoms with Crippen molar-refractivity contribution in [2.45, 2.75) is 13.8 Å². The first-order chi connectivity index (χ1) is 4.66. The van der Waals surface area contributed by atoms with Gasteiger partial charge in [-0.2, -0.15) is 0 Å². The van der Waals surface area contributed by atoms with E-state index < -0.39 is 6.09 Å². The first-order valence-corrected chi connectivity index (χ1v) is 3.32. The van der Waals surface area contributed by atoms with Crippen molar-refractivity contribution >= 4 is 23.5 Å². The van der Waals surface area contributed by atoms with Crippen LogP contribution < -0.4 is 0 Å². The smallest absolute Gasteiger partial charge is 0.442 e. The highest BCUT2D eigenvalue weighted by atomic mass is 32.1. The van der Waals surface area contributed by atoms with E-state index in [9.17, 15) is 4.79 Å². The molecule has 3 nitrogen and oxygen atoms in total. The topological polar surface area (TPSA) is 38.7 Å². The van der Waals surface area contributed by atoms with Crippen molar-refractivity contribution in [1.82, 2.24) is 0 Å². The molecule has 0 spiro atoms. The summed E-state index contributed by atoms with van der Waals surface area (Å²) in [5, 5.41) is 1.92. The molecule has 1 amide bonds. The van der Waals surface area contributed by atoms with Crippen LogP contribution in [-0.4, -0.2) is 17.9 Å². The number of thiocarbonyl (C=S) groups is 1. The van der Waals surface area contributed by atoms with E-state index in [1.807, 2.05) is 19.0 Å². The third-order valence-electron chi connectivity index (χ3n) is 0.677. The van der Waals surface area contributed by atoms with Gasteiger partial charge in [-0.25, -0.2) is 4.79 Å². The predicted octanol–water partition coefficient (Wildman–Crippen LogP) is 1.88. The van der Waals surface area contributed by atoms with Crippen molar-refractivity contribution in [2.75, 3.05) is 6.61 Å². The van der Waals surface area contributed by atoms with Gasteiger partial charge in [0.05, 0.1) is 11.8 Å². The van der Waals surface area contributed by atoms with E-state index in [0.29, 0.717) is 12.5 Å². The molecule has 0 saturated heterocycles. The zero-order valence-corrected chi connectivity index (χ0v) is 6.77. The van der Waals surface area contributed by atoms with E-state index in [1.165, 1.54) is 0 Å². The Morgan fingerprint density at radius 2 is 2.40 bits per heavy atom. The van der Waals surface area contributed by atoms with Crippen molar-refractivity contribution in [2.24, 2.45) is 10.9 Å². The highest BCUT2D eigenvalue weighted by molar-refractivity contribution is 7.78. The van der Waals surface area contributed by atoms with Gasteiger partial charge in [-0.1, -0.05) is 13.8 Å². The lowest BCUT2D eigenvalue weighted by Gasteiger charge is -2.01. The average molecular weight is 159 g/mol. The summed E-state index contributed by atoms with van der Waals surface area (Å²) in [6.07, 6.45) is -0.663. The van der Waals surface area contributed by atoms with Crippen LogP contribution in [0.1, 0.15) is 13.8 Å². The van der Waals surface area contributed by atoms with Crippen LogP contribution in [0.15, 0.2) is 4.99 Å². The second-order valence-corrected chi connectivity index (χ2v) is 2.36. The molecule has 0 unspecified atom stereocenters. The van der Waals surface area contributed by atoms with Crippen molar-refractivity contribution < 1.29 is 9.53 Å². The van der Waals surface area contributed by atoms with Crippen LogP contribution in [0.4, 0.5) is 4.79 Å². The van der Waals surface area contributed by atoms with Crippen LogP contribution in [0, 0.1) is 5.92 Å². The normalized spacial score (nSPS) is 8.70. The first-order valence-electron chi connectivity index (χ1n) is 2.91. The minimum Gasteiger partial charge on any atom is -0.447 e. The van der Waals surface area contributed by atoms with Gasteiger partial charge < -0.3 is 4.74 Å². The summed E-state index contributed by atoms with van der Waals surface area (Å²) >= 11 is 4.19. The third-order valence-corrected chi connectivity index (χ3v) is 0.768. The number of rotatable bonds is 2. The maximum atomic E-state index is 10.4. The molecule has 0 aliphatic carbocycles. The van der Waals surface area contributed by atoms with E-state index in [4.69, 9.17) is 0 Å². The van der Waals surface area contributed by atoms with E-state index in [2.05, 4.69) is 21.9 Å². The number of aliphatic imine (C=N–C) groups is 1. The monoisotopic (exact) mass is 159 g/mol. The van der Waals surface area contributed by atoms with Gasteiger partial charge in [0.1, 0.15) is 0 Å². The summed E-state index contributed by atoms with van der Waals surface area (Å²) in [4.78, 5) is 13.5. The molecule has 4 heteroatoms. The van der Waals surface area contributed by atoms with Crippen LogP contribution in [0.3, 0.4) is 0 Å². The molecule has 0 aromatic carbocycles. The molecule has 56 valence electrons. The fourth-order valence-corrected chi connectivity index (χ4v) is 0.382. The molecule has 10 heavy (non-hydrogen) atoms. The molecule has 0 heterocycles. The van der Waals surface area contributed by atoms with Gasteiger partial charge >= 0.3 is 6.09 Å². The van der Waals surface area contributed by atoms with E-state index >= 15 is 0 Å². The second-order valence-electron chi connectivity index (χ2n) is 2.17. The summed E-state index contributed by atoms with van der Waals surface area (Å²) in [5.74, 6) is 0.323. The minimum absolute atomic E-state index is 0.323.